The monoisotopic (exact) mass is 276 g/mol. The van der Waals surface area contributed by atoms with Gasteiger partial charge in [0.05, 0.1) is 6.10 Å². The Bertz CT molecular complexity index is 586. The molecule has 1 N–H and O–H groups in total. The van der Waals surface area contributed by atoms with Crippen molar-refractivity contribution in [3.63, 3.8) is 0 Å². The first-order chi connectivity index (χ1) is 9.34. The second kappa shape index (κ2) is 5.63. The van der Waals surface area contributed by atoms with Crippen LogP contribution in [-0.2, 0) is 11.3 Å². The van der Waals surface area contributed by atoms with E-state index in [9.17, 15) is 0 Å². The minimum Gasteiger partial charge on any atom is -0.378 e. The number of H-pyrrole nitrogens is 1. The molecule has 2 aromatic rings. The van der Waals surface area contributed by atoms with E-state index in [1.807, 2.05) is 16.7 Å². The first-order valence-corrected chi connectivity index (χ1v) is 6.92. The highest BCUT2D eigenvalue weighted by Gasteiger charge is 2.17. The second-order valence-corrected chi connectivity index (χ2v) is 5.06. The van der Waals surface area contributed by atoms with Gasteiger partial charge in [-0.05, 0) is 43.6 Å². The van der Waals surface area contributed by atoms with Crippen molar-refractivity contribution in [3.8, 4) is 11.4 Å². The number of nitrogens with zero attached hydrogens (tertiary/aromatic N) is 3. The molecule has 1 fully saturated rings. The minimum absolute atomic E-state index is 0.360. The molecule has 3 heterocycles. The van der Waals surface area contributed by atoms with E-state index in [0.717, 1.165) is 43.8 Å². The number of nitrogens with one attached hydrogen (secondary N) is 1. The van der Waals surface area contributed by atoms with Crippen molar-refractivity contribution < 1.29 is 4.74 Å². The van der Waals surface area contributed by atoms with Crippen molar-refractivity contribution in [2.45, 2.75) is 31.9 Å². The number of aromatic amines is 1. The normalized spacial score (nSPS) is 18.8. The smallest absolute Gasteiger partial charge is 0.195 e. The SMILES string of the molecule is S=c1[nH]nc(-c2cccnc2)n1CCC1CCCO1. The maximum atomic E-state index is 5.65. The van der Waals surface area contributed by atoms with Crippen LogP contribution in [0.2, 0.25) is 0 Å². The molecule has 0 saturated carbocycles. The van der Waals surface area contributed by atoms with E-state index in [1.54, 1.807) is 12.4 Å². The largest absolute Gasteiger partial charge is 0.378 e. The van der Waals surface area contributed by atoms with Gasteiger partial charge in [0.25, 0.3) is 0 Å². The number of hydrogen-bond acceptors (Lipinski definition) is 4. The Morgan fingerprint density at radius 1 is 1.53 bits per heavy atom. The van der Waals surface area contributed by atoms with Crippen LogP contribution < -0.4 is 0 Å². The molecule has 0 radical (unpaired) electrons. The molecular formula is C13H16N4OS. The van der Waals surface area contributed by atoms with Gasteiger partial charge in [-0.15, -0.1) is 0 Å². The lowest BCUT2D eigenvalue weighted by molar-refractivity contribution is 0.100. The summed E-state index contributed by atoms with van der Waals surface area (Å²) in [6, 6.07) is 3.89. The molecule has 1 atom stereocenters. The molecule has 1 unspecified atom stereocenters. The van der Waals surface area contributed by atoms with Gasteiger partial charge >= 0.3 is 0 Å². The first kappa shape index (κ1) is 12.5. The fraction of sp³-hybridized carbons (Fsp3) is 0.462. The molecule has 0 bridgehead atoms. The lowest BCUT2D eigenvalue weighted by atomic mass is 10.2. The molecule has 3 rings (SSSR count). The van der Waals surface area contributed by atoms with Crippen molar-refractivity contribution >= 4 is 12.2 Å². The van der Waals surface area contributed by atoms with Crippen molar-refractivity contribution in [2.24, 2.45) is 0 Å². The Kier molecular flexibility index (Phi) is 3.70. The molecular weight excluding hydrogens is 260 g/mol. The van der Waals surface area contributed by atoms with Crippen LogP contribution in [0.15, 0.2) is 24.5 Å². The zero-order valence-electron chi connectivity index (χ0n) is 10.6. The summed E-state index contributed by atoms with van der Waals surface area (Å²) < 4.78 is 8.32. The van der Waals surface area contributed by atoms with E-state index in [-0.39, 0.29) is 0 Å². The van der Waals surface area contributed by atoms with Crippen molar-refractivity contribution in [2.75, 3.05) is 6.61 Å². The third-order valence-electron chi connectivity index (χ3n) is 3.38. The third kappa shape index (κ3) is 2.74. The molecule has 100 valence electrons. The van der Waals surface area contributed by atoms with Crippen molar-refractivity contribution in [1.82, 2.24) is 19.7 Å². The molecule has 0 amide bonds. The fourth-order valence-electron chi connectivity index (χ4n) is 2.39. The molecule has 0 aliphatic carbocycles. The van der Waals surface area contributed by atoms with E-state index >= 15 is 0 Å². The van der Waals surface area contributed by atoms with E-state index in [4.69, 9.17) is 17.0 Å². The lowest BCUT2D eigenvalue weighted by Crippen LogP contribution is -2.11. The molecule has 6 heteroatoms. The highest BCUT2D eigenvalue weighted by atomic mass is 32.1. The summed E-state index contributed by atoms with van der Waals surface area (Å²) in [7, 11) is 0. The number of hydrogen-bond donors (Lipinski definition) is 1. The predicted octanol–water partition coefficient (Wildman–Crippen LogP) is 2.57. The Morgan fingerprint density at radius 2 is 2.47 bits per heavy atom. The van der Waals surface area contributed by atoms with Gasteiger partial charge in [-0.3, -0.25) is 10.1 Å². The lowest BCUT2D eigenvalue weighted by Gasteiger charge is -2.11. The van der Waals surface area contributed by atoms with Gasteiger partial charge in [0.1, 0.15) is 0 Å². The molecule has 2 aromatic heterocycles. The van der Waals surface area contributed by atoms with Crippen molar-refractivity contribution in [3.05, 3.63) is 29.3 Å². The van der Waals surface area contributed by atoms with Crippen molar-refractivity contribution in [1.29, 1.82) is 0 Å². The Balaban J connectivity index is 1.80. The van der Waals surface area contributed by atoms with Gasteiger partial charge in [0.2, 0.25) is 0 Å². The van der Waals surface area contributed by atoms with E-state index in [2.05, 4.69) is 15.2 Å². The van der Waals surface area contributed by atoms with Crippen LogP contribution in [0.3, 0.4) is 0 Å². The van der Waals surface area contributed by atoms with Gasteiger partial charge in [-0.25, -0.2) is 0 Å². The molecule has 19 heavy (non-hydrogen) atoms. The molecule has 0 aromatic carbocycles. The summed E-state index contributed by atoms with van der Waals surface area (Å²) in [5.74, 6) is 0.844. The van der Waals surface area contributed by atoms with E-state index < -0.39 is 0 Å². The minimum atomic E-state index is 0.360. The number of rotatable bonds is 4. The summed E-state index contributed by atoms with van der Waals surface area (Å²) >= 11 is 5.30. The van der Waals surface area contributed by atoms with Crippen LogP contribution in [0.4, 0.5) is 0 Å². The van der Waals surface area contributed by atoms with Gasteiger partial charge in [-0.1, -0.05) is 0 Å². The molecule has 5 nitrogen and oxygen atoms in total. The van der Waals surface area contributed by atoms with E-state index in [0.29, 0.717) is 10.9 Å². The summed E-state index contributed by atoms with van der Waals surface area (Å²) in [5.41, 5.74) is 0.974. The van der Waals surface area contributed by atoms with Gasteiger partial charge in [0.15, 0.2) is 10.6 Å². The summed E-state index contributed by atoms with van der Waals surface area (Å²) in [4.78, 5) is 4.12. The number of pyridine rings is 1. The summed E-state index contributed by atoms with van der Waals surface area (Å²) in [6.07, 6.45) is 7.19. The quantitative estimate of drug-likeness (QED) is 0.872. The Morgan fingerprint density at radius 3 is 3.21 bits per heavy atom. The van der Waals surface area contributed by atoms with Crippen LogP contribution >= 0.6 is 12.2 Å². The Labute approximate surface area is 116 Å². The summed E-state index contributed by atoms with van der Waals surface area (Å²) in [5, 5.41) is 7.15. The van der Waals surface area contributed by atoms with Crippen LogP contribution in [0.25, 0.3) is 11.4 Å². The number of aromatic nitrogens is 4. The van der Waals surface area contributed by atoms with Crippen LogP contribution in [-0.4, -0.2) is 32.5 Å². The molecule has 0 spiro atoms. The first-order valence-electron chi connectivity index (χ1n) is 6.52. The topological polar surface area (TPSA) is 55.7 Å². The van der Waals surface area contributed by atoms with Gasteiger partial charge in [0, 0.05) is 31.1 Å². The molecule has 1 aliphatic rings. The van der Waals surface area contributed by atoms with Gasteiger partial charge in [-0.2, -0.15) is 5.10 Å². The molecule has 1 aliphatic heterocycles. The average molecular weight is 276 g/mol. The molecule has 1 saturated heterocycles. The zero-order valence-corrected chi connectivity index (χ0v) is 11.4. The highest BCUT2D eigenvalue weighted by Crippen LogP contribution is 2.19. The van der Waals surface area contributed by atoms with E-state index in [1.165, 1.54) is 0 Å². The number of ether oxygens (including phenoxy) is 1. The zero-order chi connectivity index (χ0) is 13.1. The maximum absolute atomic E-state index is 5.65. The standard InChI is InChI=1S/C13H16N4OS/c19-13-16-15-12(10-3-1-6-14-9-10)17(13)7-5-11-4-2-8-18-11/h1,3,6,9,11H,2,4-5,7-8H2,(H,16,19). The van der Waals surface area contributed by atoms with Crippen LogP contribution in [0, 0.1) is 4.77 Å². The van der Waals surface area contributed by atoms with Crippen LogP contribution in [0.1, 0.15) is 19.3 Å². The predicted molar refractivity (Wildman–Crippen MR) is 74.2 cm³/mol. The van der Waals surface area contributed by atoms with Gasteiger partial charge < -0.3 is 9.30 Å². The maximum Gasteiger partial charge on any atom is 0.195 e. The Hall–Kier alpha value is -1.53. The third-order valence-corrected chi connectivity index (χ3v) is 3.69. The highest BCUT2D eigenvalue weighted by molar-refractivity contribution is 7.71. The van der Waals surface area contributed by atoms with Crippen LogP contribution in [0.5, 0.6) is 0 Å². The fourth-order valence-corrected chi connectivity index (χ4v) is 2.61. The average Bonchev–Trinajstić information content (AvgIpc) is 3.07. The summed E-state index contributed by atoms with van der Waals surface area (Å²) in [6.45, 7) is 1.71. The second-order valence-electron chi connectivity index (χ2n) is 4.67.